The summed E-state index contributed by atoms with van der Waals surface area (Å²) in [6.45, 7) is 7.83. The smallest absolute Gasteiger partial charge is 0.0470 e. The topological polar surface area (TPSA) is 29.3 Å². The maximum absolute atomic E-state index is 6.07. The van der Waals surface area contributed by atoms with Crippen molar-refractivity contribution in [2.75, 3.05) is 19.6 Å². The van der Waals surface area contributed by atoms with Crippen molar-refractivity contribution >= 4 is 0 Å². The van der Waals surface area contributed by atoms with Crippen LogP contribution in [0.25, 0.3) is 0 Å². The van der Waals surface area contributed by atoms with Crippen LogP contribution in [0.3, 0.4) is 0 Å². The predicted molar refractivity (Wildman–Crippen MR) is 84.7 cm³/mol. The molecule has 2 N–H and O–H groups in total. The van der Waals surface area contributed by atoms with Gasteiger partial charge in [0.25, 0.3) is 0 Å². The molecule has 1 heterocycles. The van der Waals surface area contributed by atoms with Crippen LogP contribution in [0.1, 0.15) is 56.2 Å². The van der Waals surface area contributed by atoms with Crippen molar-refractivity contribution in [3.63, 3.8) is 0 Å². The van der Waals surface area contributed by atoms with E-state index in [1.54, 1.807) is 0 Å². The number of nitrogens with zero attached hydrogens (tertiary/aromatic N) is 1. The van der Waals surface area contributed by atoms with Crippen LogP contribution in [0.5, 0.6) is 0 Å². The van der Waals surface area contributed by atoms with Gasteiger partial charge in [0.15, 0.2) is 0 Å². The maximum atomic E-state index is 6.07. The average molecular weight is 272 g/mol. The standard InChI is InChI=1S/C18H28N2/c1-13(2)17-9-10-20(12-17)18(11-19)16-7-5-15(6-8-16)14-3-4-14/h5-8,13-14,17-18H,3-4,9-12,19H2,1-2H3. The van der Waals surface area contributed by atoms with Crippen LogP contribution in [0.4, 0.5) is 0 Å². The van der Waals surface area contributed by atoms with Crippen molar-refractivity contribution in [1.29, 1.82) is 0 Å². The molecular weight excluding hydrogens is 244 g/mol. The van der Waals surface area contributed by atoms with E-state index in [9.17, 15) is 0 Å². The molecule has 1 saturated heterocycles. The summed E-state index contributed by atoms with van der Waals surface area (Å²) < 4.78 is 0. The molecule has 0 amide bonds. The van der Waals surface area contributed by atoms with Gasteiger partial charge in [-0.3, -0.25) is 4.90 Å². The van der Waals surface area contributed by atoms with Crippen molar-refractivity contribution in [2.45, 2.75) is 45.1 Å². The normalized spacial score (nSPS) is 25.3. The summed E-state index contributed by atoms with van der Waals surface area (Å²) >= 11 is 0. The highest BCUT2D eigenvalue weighted by atomic mass is 15.2. The largest absolute Gasteiger partial charge is 0.329 e. The minimum atomic E-state index is 0.409. The number of rotatable bonds is 5. The molecule has 20 heavy (non-hydrogen) atoms. The lowest BCUT2D eigenvalue weighted by molar-refractivity contribution is 0.232. The fourth-order valence-corrected chi connectivity index (χ4v) is 3.55. The molecule has 1 aromatic rings. The number of likely N-dealkylation sites (tertiary alicyclic amines) is 1. The Labute approximate surface area is 123 Å². The molecule has 1 aliphatic heterocycles. The van der Waals surface area contributed by atoms with Crippen LogP contribution in [-0.2, 0) is 0 Å². The lowest BCUT2D eigenvalue weighted by Gasteiger charge is -2.28. The van der Waals surface area contributed by atoms with Gasteiger partial charge in [0.1, 0.15) is 0 Å². The van der Waals surface area contributed by atoms with Gasteiger partial charge in [0.05, 0.1) is 0 Å². The molecular formula is C18H28N2. The Morgan fingerprint density at radius 3 is 2.35 bits per heavy atom. The van der Waals surface area contributed by atoms with E-state index in [2.05, 4.69) is 43.0 Å². The van der Waals surface area contributed by atoms with Crippen molar-refractivity contribution in [1.82, 2.24) is 4.90 Å². The van der Waals surface area contributed by atoms with Gasteiger partial charge in [-0.2, -0.15) is 0 Å². The Morgan fingerprint density at radius 1 is 1.15 bits per heavy atom. The molecule has 2 aliphatic rings. The zero-order chi connectivity index (χ0) is 14.1. The van der Waals surface area contributed by atoms with Crippen LogP contribution >= 0.6 is 0 Å². The first-order valence-corrected chi connectivity index (χ1v) is 8.23. The fraction of sp³-hybridized carbons (Fsp3) is 0.667. The van der Waals surface area contributed by atoms with E-state index in [1.165, 1.54) is 43.5 Å². The third-order valence-electron chi connectivity index (χ3n) is 5.23. The van der Waals surface area contributed by atoms with Crippen LogP contribution in [-0.4, -0.2) is 24.5 Å². The van der Waals surface area contributed by atoms with Gasteiger partial charge in [0.2, 0.25) is 0 Å². The van der Waals surface area contributed by atoms with Crippen LogP contribution in [0, 0.1) is 11.8 Å². The molecule has 3 rings (SSSR count). The second-order valence-corrected chi connectivity index (χ2v) is 6.98. The zero-order valence-corrected chi connectivity index (χ0v) is 12.9. The van der Waals surface area contributed by atoms with Crippen molar-refractivity contribution in [3.8, 4) is 0 Å². The SMILES string of the molecule is CC(C)C1CCN(C(CN)c2ccc(C3CC3)cc2)C1. The maximum Gasteiger partial charge on any atom is 0.0470 e. The molecule has 2 nitrogen and oxygen atoms in total. The lowest BCUT2D eigenvalue weighted by atomic mass is 9.95. The molecule has 1 saturated carbocycles. The molecule has 2 unspecified atom stereocenters. The molecule has 1 aromatic carbocycles. The quantitative estimate of drug-likeness (QED) is 0.888. The van der Waals surface area contributed by atoms with E-state index < -0.39 is 0 Å². The van der Waals surface area contributed by atoms with Gasteiger partial charge < -0.3 is 5.73 Å². The summed E-state index contributed by atoms with van der Waals surface area (Å²) in [5.74, 6) is 2.47. The summed E-state index contributed by atoms with van der Waals surface area (Å²) in [5.41, 5.74) is 9.00. The van der Waals surface area contributed by atoms with Crippen LogP contribution in [0.2, 0.25) is 0 Å². The summed E-state index contributed by atoms with van der Waals surface area (Å²) in [6, 6.07) is 9.69. The number of benzene rings is 1. The van der Waals surface area contributed by atoms with Gasteiger partial charge in [-0.15, -0.1) is 0 Å². The number of nitrogens with two attached hydrogens (primary N) is 1. The Bertz CT molecular complexity index is 433. The number of hydrogen-bond acceptors (Lipinski definition) is 2. The highest BCUT2D eigenvalue weighted by Crippen LogP contribution is 2.40. The molecule has 2 fully saturated rings. The second kappa shape index (κ2) is 5.87. The first kappa shape index (κ1) is 14.1. The van der Waals surface area contributed by atoms with Crippen molar-refractivity contribution in [2.24, 2.45) is 17.6 Å². The summed E-state index contributed by atoms with van der Waals surface area (Å²) in [7, 11) is 0. The highest BCUT2D eigenvalue weighted by molar-refractivity contribution is 5.30. The van der Waals surface area contributed by atoms with Gasteiger partial charge in [-0.05, 0) is 54.7 Å². The molecule has 2 atom stereocenters. The number of hydrogen-bond donors (Lipinski definition) is 1. The van der Waals surface area contributed by atoms with E-state index >= 15 is 0 Å². The Balaban J connectivity index is 1.69. The van der Waals surface area contributed by atoms with Crippen LogP contribution in [0.15, 0.2) is 24.3 Å². The first-order chi connectivity index (χ1) is 9.69. The molecule has 2 heteroatoms. The zero-order valence-electron chi connectivity index (χ0n) is 12.9. The Morgan fingerprint density at radius 2 is 1.85 bits per heavy atom. The third-order valence-corrected chi connectivity index (χ3v) is 5.23. The van der Waals surface area contributed by atoms with E-state index in [0.29, 0.717) is 6.04 Å². The molecule has 1 aliphatic carbocycles. The average Bonchev–Trinajstić information content (AvgIpc) is 3.19. The first-order valence-electron chi connectivity index (χ1n) is 8.23. The molecule has 110 valence electrons. The minimum Gasteiger partial charge on any atom is -0.329 e. The van der Waals surface area contributed by atoms with E-state index in [4.69, 9.17) is 5.73 Å². The third kappa shape index (κ3) is 2.91. The molecule has 0 bridgehead atoms. The Kier molecular flexibility index (Phi) is 4.13. The monoisotopic (exact) mass is 272 g/mol. The molecule has 0 aromatic heterocycles. The predicted octanol–water partition coefficient (Wildman–Crippen LogP) is 3.54. The van der Waals surface area contributed by atoms with E-state index in [-0.39, 0.29) is 0 Å². The molecule has 0 spiro atoms. The summed E-state index contributed by atoms with van der Waals surface area (Å²) in [5, 5.41) is 0. The van der Waals surface area contributed by atoms with E-state index in [1.807, 2.05) is 0 Å². The van der Waals surface area contributed by atoms with Crippen LogP contribution < -0.4 is 5.73 Å². The van der Waals surface area contributed by atoms with Gasteiger partial charge in [-0.1, -0.05) is 38.1 Å². The highest BCUT2D eigenvalue weighted by Gasteiger charge is 2.30. The van der Waals surface area contributed by atoms with Gasteiger partial charge in [-0.25, -0.2) is 0 Å². The van der Waals surface area contributed by atoms with E-state index in [0.717, 1.165) is 24.3 Å². The fourth-order valence-electron chi connectivity index (χ4n) is 3.55. The second-order valence-electron chi connectivity index (χ2n) is 6.98. The Hall–Kier alpha value is -0.860. The summed E-state index contributed by atoms with van der Waals surface area (Å²) in [4.78, 5) is 2.59. The van der Waals surface area contributed by atoms with Crippen molar-refractivity contribution < 1.29 is 0 Å². The minimum absolute atomic E-state index is 0.409. The van der Waals surface area contributed by atoms with Gasteiger partial charge in [0, 0.05) is 19.1 Å². The summed E-state index contributed by atoms with van der Waals surface area (Å²) in [6.07, 6.45) is 4.08. The molecule has 0 radical (unpaired) electrons. The van der Waals surface area contributed by atoms with Gasteiger partial charge >= 0.3 is 0 Å². The van der Waals surface area contributed by atoms with Crippen molar-refractivity contribution in [3.05, 3.63) is 35.4 Å². The lowest BCUT2D eigenvalue weighted by Crippen LogP contribution is -2.32.